The standard InChI is InChI=1S/C9H8Cl2N4/c10-6-1-2-9(8(11)3-6)15-5-7(4-12)13-14-15/h1-3,5H,4,12H2. The van der Waals surface area contributed by atoms with Crippen LogP contribution in [0.25, 0.3) is 5.69 Å². The van der Waals surface area contributed by atoms with Crippen LogP contribution in [0.3, 0.4) is 0 Å². The molecule has 6 heteroatoms. The van der Waals surface area contributed by atoms with Gasteiger partial charge in [0, 0.05) is 11.6 Å². The van der Waals surface area contributed by atoms with Crippen molar-refractivity contribution in [1.29, 1.82) is 0 Å². The van der Waals surface area contributed by atoms with E-state index in [-0.39, 0.29) is 0 Å². The Morgan fingerprint density at radius 2 is 2.13 bits per heavy atom. The zero-order valence-corrected chi connectivity index (χ0v) is 9.20. The summed E-state index contributed by atoms with van der Waals surface area (Å²) < 4.78 is 1.57. The van der Waals surface area contributed by atoms with Crippen molar-refractivity contribution < 1.29 is 0 Å². The highest BCUT2D eigenvalue weighted by molar-refractivity contribution is 6.35. The maximum Gasteiger partial charge on any atom is 0.0967 e. The molecule has 2 rings (SSSR count). The average Bonchev–Trinajstić information content (AvgIpc) is 2.66. The molecule has 0 radical (unpaired) electrons. The molecule has 2 N–H and O–H groups in total. The van der Waals surface area contributed by atoms with Crippen LogP contribution in [0.5, 0.6) is 0 Å². The molecule has 0 saturated carbocycles. The zero-order valence-electron chi connectivity index (χ0n) is 7.69. The van der Waals surface area contributed by atoms with E-state index in [4.69, 9.17) is 28.9 Å². The van der Waals surface area contributed by atoms with E-state index in [2.05, 4.69) is 10.3 Å². The Morgan fingerprint density at radius 3 is 2.73 bits per heavy atom. The predicted octanol–water partition coefficient (Wildman–Crippen LogP) is 2.03. The number of nitrogens with zero attached hydrogens (tertiary/aromatic N) is 3. The molecule has 0 fully saturated rings. The third-order valence-electron chi connectivity index (χ3n) is 1.91. The highest BCUT2D eigenvalue weighted by Crippen LogP contribution is 2.23. The van der Waals surface area contributed by atoms with Crippen molar-refractivity contribution in [3.8, 4) is 5.69 Å². The van der Waals surface area contributed by atoms with E-state index in [0.29, 0.717) is 22.3 Å². The largest absolute Gasteiger partial charge is 0.325 e. The van der Waals surface area contributed by atoms with Gasteiger partial charge in [-0.15, -0.1) is 5.10 Å². The second kappa shape index (κ2) is 4.18. The minimum atomic E-state index is 0.352. The van der Waals surface area contributed by atoms with Crippen molar-refractivity contribution in [2.24, 2.45) is 5.73 Å². The Balaban J connectivity index is 2.44. The lowest BCUT2D eigenvalue weighted by Gasteiger charge is -2.02. The van der Waals surface area contributed by atoms with Gasteiger partial charge in [0.15, 0.2) is 0 Å². The van der Waals surface area contributed by atoms with Gasteiger partial charge in [-0.25, -0.2) is 4.68 Å². The minimum absolute atomic E-state index is 0.352. The fraction of sp³-hybridized carbons (Fsp3) is 0.111. The SMILES string of the molecule is NCc1cn(-c2ccc(Cl)cc2Cl)nn1. The molecule has 0 saturated heterocycles. The van der Waals surface area contributed by atoms with Crippen molar-refractivity contribution in [2.75, 3.05) is 0 Å². The lowest BCUT2D eigenvalue weighted by atomic mass is 10.3. The lowest BCUT2D eigenvalue weighted by Crippen LogP contribution is -1.96. The van der Waals surface area contributed by atoms with E-state index in [1.165, 1.54) is 0 Å². The van der Waals surface area contributed by atoms with Crippen LogP contribution < -0.4 is 5.73 Å². The van der Waals surface area contributed by atoms with E-state index in [9.17, 15) is 0 Å². The van der Waals surface area contributed by atoms with Crippen molar-refractivity contribution in [3.63, 3.8) is 0 Å². The van der Waals surface area contributed by atoms with Gasteiger partial charge in [-0.2, -0.15) is 0 Å². The Hall–Kier alpha value is -1.10. The number of halogens is 2. The molecule has 15 heavy (non-hydrogen) atoms. The van der Waals surface area contributed by atoms with Gasteiger partial charge < -0.3 is 5.73 Å². The number of aromatic nitrogens is 3. The van der Waals surface area contributed by atoms with Crippen molar-refractivity contribution in [2.45, 2.75) is 6.54 Å². The maximum atomic E-state index is 6.01. The Morgan fingerprint density at radius 1 is 1.33 bits per heavy atom. The summed E-state index contributed by atoms with van der Waals surface area (Å²) in [7, 11) is 0. The van der Waals surface area contributed by atoms with Gasteiger partial charge >= 0.3 is 0 Å². The van der Waals surface area contributed by atoms with Crippen LogP contribution in [0.1, 0.15) is 5.69 Å². The maximum absolute atomic E-state index is 6.01. The van der Waals surface area contributed by atoms with Gasteiger partial charge in [-0.05, 0) is 18.2 Å². The molecule has 0 unspecified atom stereocenters. The highest BCUT2D eigenvalue weighted by atomic mass is 35.5. The van der Waals surface area contributed by atoms with Crippen LogP contribution >= 0.6 is 23.2 Å². The molecular formula is C9H8Cl2N4. The first-order chi connectivity index (χ1) is 7.20. The van der Waals surface area contributed by atoms with E-state index in [1.807, 2.05) is 0 Å². The number of benzene rings is 1. The second-order valence-corrected chi connectivity index (χ2v) is 3.80. The van der Waals surface area contributed by atoms with E-state index in [0.717, 1.165) is 5.69 Å². The third-order valence-corrected chi connectivity index (χ3v) is 2.44. The summed E-state index contributed by atoms with van der Waals surface area (Å²) in [6, 6.07) is 5.18. The molecule has 78 valence electrons. The summed E-state index contributed by atoms with van der Waals surface area (Å²) in [4.78, 5) is 0. The van der Waals surface area contributed by atoms with Crippen LogP contribution in [0, 0.1) is 0 Å². The van der Waals surface area contributed by atoms with Gasteiger partial charge in [0.1, 0.15) is 0 Å². The molecular weight excluding hydrogens is 235 g/mol. The Labute approximate surface area is 96.6 Å². The van der Waals surface area contributed by atoms with E-state index in [1.54, 1.807) is 29.1 Å². The molecule has 2 aromatic rings. The monoisotopic (exact) mass is 242 g/mol. The highest BCUT2D eigenvalue weighted by Gasteiger charge is 2.05. The van der Waals surface area contributed by atoms with E-state index < -0.39 is 0 Å². The molecule has 0 spiro atoms. The number of rotatable bonds is 2. The lowest BCUT2D eigenvalue weighted by molar-refractivity contribution is 0.797. The third kappa shape index (κ3) is 2.12. The van der Waals surface area contributed by atoms with Crippen molar-refractivity contribution in [1.82, 2.24) is 15.0 Å². The molecule has 0 bridgehead atoms. The minimum Gasteiger partial charge on any atom is -0.325 e. The van der Waals surface area contributed by atoms with Crippen LogP contribution in [-0.2, 0) is 6.54 Å². The quantitative estimate of drug-likeness (QED) is 0.877. The fourth-order valence-corrected chi connectivity index (χ4v) is 1.67. The summed E-state index contributed by atoms with van der Waals surface area (Å²) in [5, 5.41) is 8.89. The topological polar surface area (TPSA) is 56.7 Å². The van der Waals surface area contributed by atoms with Crippen LogP contribution in [-0.4, -0.2) is 15.0 Å². The summed E-state index contributed by atoms with van der Waals surface area (Å²) in [6.07, 6.45) is 1.73. The van der Waals surface area contributed by atoms with Crippen molar-refractivity contribution >= 4 is 23.2 Å². The first-order valence-electron chi connectivity index (χ1n) is 4.27. The number of nitrogens with two attached hydrogens (primary N) is 1. The molecule has 0 aliphatic rings. The predicted molar refractivity (Wildman–Crippen MR) is 59.3 cm³/mol. The second-order valence-electron chi connectivity index (χ2n) is 2.95. The van der Waals surface area contributed by atoms with Crippen LogP contribution in [0.4, 0.5) is 0 Å². The molecule has 0 aliphatic carbocycles. The Bertz CT molecular complexity index is 481. The Kier molecular flexibility index (Phi) is 2.90. The number of hydrogen-bond donors (Lipinski definition) is 1. The van der Waals surface area contributed by atoms with Crippen molar-refractivity contribution in [3.05, 3.63) is 40.1 Å². The normalized spacial score (nSPS) is 10.6. The van der Waals surface area contributed by atoms with Gasteiger partial charge in [-0.1, -0.05) is 28.4 Å². The van der Waals surface area contributed by atoms with Crippen LogP contribution in [0.2, 0.25) is 10.0 Å². The molecule has 4 nitrogen and oxygen atoms in total. The fourth-order valence-electron chi connectivity index (χ4n) is 1.18. The van der Waals surface area contributed by atoms with Gasteiger partial charge in [0.05, 0.1) is 22.6 Å². The average molecular weight is 243 g/mol. The molecule has 1 aromatic carbocycles. The molecule has 0 atom stereocenters. The first kappa shape index (κ1) is 10.4. The first-order valence-corrected chi connectivity index (χ1v) is 5.03. The van der Waals surface area contributed by atoms with Gasteiger partial charge in [0.25, 0.3) is 0 Å². The van der Waals surface area contributed by atoms with Gasteiger partial charge in [-0.3, -0.25) is 0 Å². The molecule has 0 amide bonds. The molecule has 0 aliphatic heterocycles. The summed E-state index contributed by atoms with van der Waals surface area (Å²) >= 11 is 11.8. The number of hydrogen-bond acceptors (Lipinski definition) is 3. The molecule has 1 heterocycles. The zero-order chi connectivity index (χ0) is 10.8. The summed E-state index contributed by atoms with van der Waals surface area (Å²) in [5.41, 5.74) is 6.87. The smallest absolute Gasteiger partial charge is 0.0967 e. The van der Waals surface area contributed by atoms with E-state index >= 15 is 0 Å². The van der Waals surface area contributed by atoms with Crippen LogP contribution in [0.15, 0.2) is 24.4 Å². The molecule has 1 aromatic heterocycles. The van der Waals surface area contributed by atoms with Gasteiger partial charge in [0.2, 0.25) is 0 Å². The summed E-state index contributed by atoms with van der Waals surface area (Å²) in [6.45, 7) is 0.352. The summed E-state index contributed by atoms with van der Waals surface area (Å²) in [5.74, 6) is 0.